The number of nitrogens with zero attached hydrogens (tertiary/aromatic N) is 6. The van der Waals surface area contributed by atoms with Crippen molar-refractivity contribution in [1.82, 2.24) is 29.7 Å². The van der Waals surface area contributed by atoms with Gasteiger partial charge in [-0.2, -0.15) is 5.10 Å². The number of aryl methyl sites for hydroxylation is 1. The topological polar surface area (TPSA) is 69.4 Å². The molecule has 0 radical (unpaired) electrons. The molecule has 0 amide bonds. The highest BCUT2D eigenvalue weighted by Gasteiger charge is 2.10. The van der Waals surface area contributed by atoms with E-state index in [9.17, 15) is 0 Å². The molecule has 0 aliphatic carbocycles. The van der Waals surface area contributed by atoms with Gasteiger partial charge in [-0.3, -0.25) is 4.68 Å². The molecule has 3 heterocycles. The van der Waals surface area contributed by atoms with Gasteiger partial charge < -0.3 is 0 Å². The fraction of sp³-hybridized carbons (Fsp3) is 0.182. The summed E-state index contributed by atoms with van der Waals surface area (Å²) in [4.78, 5) is 16.7. The first-order valence-corrected chi connectivity index (χ1v) is 6.83. The van der Waals surface area contributed by atoms with Gasteiger partial charge in [-0.15, -0.1) is 0 Å². The Morgan fingerprint density at radius 2 is 2.26 bits per heavy atom. The van der Waals surface area contributed by atoms with E-state index in [1.165, 1.54) is 18.1 Å². The maximum atomic E-state index is 6.12. The molecule has 0 atom stereocenters. The molecule has 0 spiro atoms. The maximum absolute atomic E-state index is 6.12. The Hall–Kier alpha value is -1.73. The summed E-state index contributed by atoms with van der Waals surface area (Å²) >= 11 is 7.65. The highest BCUT2D eigenvalue weighted by atomic mass is 35.5. The maximum Gasteiger partial charge on any atom is 0.162 e. The third kappa shape index (κ3) is 2.52. The van der Waals surface area contributed by atoms with E-state index in [0.29, 0.717) is 16.7 Å². The summed E-state index contributed by atoms with van der Waals surface area (Å²) < 4.78 is 1.68. The third-order valence-electron chi connectivity index (χ3n) is 2.50. The van der Waals surface area contributed by atoms with Crippen LogP contribution in [0.5, 0.6) is 0 Å². The second kappa shape index (κ2) is 5.10. The van der Waals surface area contributed by atoms with Crippen molar-refractivity contribution in [1.29, 1.82) is 0 Å². The molecule has 0 unspecified atom stereocenters. The van der Waals surface area contributed by atoms with Crippen LogP contribution in [-0.2, 0) is 12.8 Å². The van der Waals surface area contributed by atoms with E-state index in [4.69, 9.17) is 11.6 Å². The van der Waals surface area contributed by atoms with E-state index in [0.717, 1.165) is 16.1 Å². The normalized spacial score (nSPS) is 11.1. The van der Waals surface area contributed by atoms with Crippen molar-refractivity contribution in [3.05, 3.63) is 35.8 Å². The van der Waals surface area contributed by atoms with Crippen LogP contribution < -0.4 is 0 Å². The number of thioether (sulfide) groups is 1. The third-order valence-corrected chi connectivity index (χ3v) is 3.72. The molecule has 19 heavy (non-hydrogen) atoms. The summed E-state index contributed by atoms with van der Waals surface area (Å²) in [6.07, 6.45) is 4.88. The minimum absolute atomic E-state index is 0.427. The molecule has 3 aromatic rings. The fourth-order valence-corrected chi connectivity index (χ4v) is 2.51. The Bertz CT molecular complexity index is 714. The zero-order valence-corrected chi connectivity index (χ0v) is 11.6. The van der Waals surface area contributed by atoms with E-state index >= 15 is 0 Å². The van der Waals surface area contributed by atoms with Gasteiger partial charge in [0.2, 0.25) is 0 Å². The van der Waals surface area contributed by atoms with Crippen LogP contribution in [0.3, 0.4) is 0 Å². The van der Waals surface area contributed by atoms with E-state index < -0.39 is 0 Å². The van der Waals surface area contributed by atoms with Crippen LogP contribution in [0.1, 0.15) is 5.82 Å². The lowest BCUT2D eigenvalue weighted by atomic mass is 10.4. The molecule has 0 aliphatic rings. The Morgan fingerprint density at radius 3 is 3.05 bits per heavy atom. The molecular weight excluding hydrogens is 284 g/mol. The summed E-state index contributed by atoms with van der Waals surface area (Å²) in [5.74, 6) is 1.25. The van der Waals surface area contributed by atoms with Gasteiger partial charge in [0.1, 0.15) is 17.3 Å². The van der Waals surface area contributed by atoms with Gasteiger partial charge >= 0.3 is 0 Å². The van der Waals surface area contributed by atoms with E-state index in [2.05, 4.69) is 25.0 Å². The van der Waals surface area contributed by atoms with Crippen molar-refractivity contribution in [3.8, 4) is 0 Å². The number of rotatable bonds is 3. The van der Waals surface area contributed by atoms with E-state index in [1.807, 2.05) is 13.1 Å². The van der Waals surface area contributed by atoms with Crippen LogP contribution in [-0.4, -0.2) is 29.7 Å². The molecule has 0 aromatic carbocycles. The summed E-state index contributed by atoms with van der Waals surface area (Å²) in [7, 11) is 1.83. The zero-order chi connectivity index (χ0) is 13.2. The molecule has 0 saturated carbocycles. The van der Waals surface area contributed by atoms with Crippen LogP contribution in [0.25, 0.3) is 11.0 Å². The van der Waals surface area contributed by atoms with Gasteiger partial charge in [0.25, 0.3) is 0 Å². The van der Waals surface area contributed by atoms with Gasteiger partial charge in [-0.05, 0) is 6.07 Å². The second-order valence-electron chi connectivity index (χ2n) is 3.77. The average Bonchev–Trinajstić information content (AvgIpc) is 2.80. The quantitative estimate of drug-likeness (QED) is 0.544. The molecule has 0 N–H and O–H groups in total. The number of hydrogen-bond acceptors (Lipinski definition) is 6. The minimum Gasteiger partial charge on any atom is -0.250 e. The lowest BCUT2D eigenvalue weighted by Crippen LogP contribution is -1.98. The lowest BCUT2D eigenvalue weighted by Gasteiger charge is -2.02. The highest BCUT2D eigenvalue weighted by Crippen LogP contribution is 2.23. The molecule has 8 heteroatoms. The van der Waals surface area contributed by atoms with Gasteiger partial charge in [-0.1, -0.05) is 23.4 Å². The van der Waals surface area contributed by atoms with Crippen LogP contribution in [0.4, 0.5) is 0 Å². The lowest BCUT2D eigenvalue weighted by molar-refractivity contribution is 0.782. The smallest absolute Gasteiger partial charge is 0.162 e. The van der Waals surface area contributed by atoms with E-state index in [1.54, 1.807) is 17.1 Å². The SMILES string of the molecule is Cn1ncc2c(Cl)nc(CSc3ccncn3)nc21. The van der Waals surface area contributed by atoms with Gasteiger partial charge in [0, 0.05) is 13.2 Å². The van der Waals surface area contributed by atoms with Crippen molar-refractivity contribution in [2.45, 2.75) is 10.8 Å². The Balaban J connectivity index is 1.87. The van der Waals surface area contributed by atoms with Crippen molar-refractivity contribution < 1.29 is 0 Å². The first kappa shape index (κ1) is 12.3. The van der Waals surface area contributed by atoms with Crippen molar-refractivity contribution >= 4 is 34.4 Å². The van der Waals surface area contributed by atoms with Crippen LogP contribution in [0, 0.1) is 0 Å². The largest absolute Gasteiger partial charge is 0.250 e. The average molecular weight is 293 g/mol. The van der Waals surface area contributed by atoms with E-state index in [-0.39, 0.29) is 0 Å². The molecule has 0 saturated heterocycles. The molecular formula is C11H9ClN6S. The first-order chi connectivity index (χ1) is 9.24. The van der Waals surface area contributed by atoms with Crippen molar-refractivity contribution in [2.24, 2.45) is 7.05 Å². The number of halogens is 1. The molecule has 0 aliphatic heterocycles. The number of hydrogen-bond donors (Lipinski definition) is 0. The summed E-state index contributed by atoms with van der Waals surface area (Å²) in [5.41, 5.74) is 0.735. The Kier molecular flexibility index (Phi) is 3.31. The van der Waals surface area contributed by atoms with Crippen molar-refractivity contribution in [2.75, 3.05) is 0 Å². The number of aromatic nitrogens is 6. The molecule has 96 valence electrons. The van der Waals surface area contributed by atoms with Crippen molar-refractivity contribution in [3.63, 3.8) is 0 Å². The minimum atomic E-state index is 0.427. The summed E-state index contributed by atoms with van der Waals surface area (Å²) in [6, 6.07) is 1.84. The first-order valence-electron chi connectivity index (χ1n) is 5.47. The monoisotopic (exact) mass is 292 g/mol. The predicted octanol–water partition coefficient (Wildman–Crippen LogP) is 2.10. The predicted molar refractivity (Wildman–Crippen MR) is 72.9 cm³/mol. The fourth-order valence-electron chi connectivity index (χ4n) is 1.60. The summed E-state index contributed by atoms with van der Waals surface area (Å²) in [6.45, 7) is 0. The van der Waals surface area contributed by atoms with Crippen LogP contribution in [0.15, 0.2) is 29.8 Å². The van der Waals surface area contributed by atoms with Crippen LogP contribution in [0.2, 0.25) is 5.15 Å². The molecule has 0 fully saturated rings. The Morgan fingerprint density at radius 1 is 1.37 bits per heavy atom. The second-order valence-corrected chi connectivity index (χ2v) is 5.13. The van der Waals surface area contributed by atoms with Gasteiger partial charge in [0.05, 0.1) is 22.4 Å². The standard InChI is InChI=1S/C11H9ClN6S/c1-18-11-7(4-15-18)10(12)16-8(17-11)5-19-9-2-3-13-6-14-9/h2-4,6H,5H2,1H3. The highest BCUT2D eigenvalue weighted by molar-refractivity contribution is 7.98. The summed E-state index contributed by atoms with van der Waals surface area (Å²) in [5, 5.41) is 6.18. The zero-order valence-electron chi connectivity index (χ0n) is 9.99. The Labute approximate surface area is 118 Å². The molecule has 0 bridgehead atoms. The van der Waals surface area contributed by atoms with Gasteiger partial charge in [-0.25, -0.2) is 19.9 Å². The van der Waals surface area contributed by atoms with Crippen LogP contribution >= 0.6 is 23.4 Å². The molecule has 3 aromatic heterocycles. The molecule has 6 nitrogen and oxygen atoms in total. The number of fused-ring (bicyclic) bond motifs is 1. The van der Waals surface area contributed by atoms with Gasteiger partial charge in [0.15, 0.2) is 5.65 Å². The molecule has 3 rings (SSSR count).